The lowest BCUT2D eigenvalue weighted by atomic mass is 10.1. The van der Waals surface area contributed by atoms with Crippen LogP contribution in [0.15, 0.2) is 40.1 Å². The average Bonchev–Trinajstić information content (AvgIpc) is 3.17. The average molecular weight is 314 g/mol. The minimum absolute atomic E-state index is 0.320. The number of hydrogen-bond acceptors (Lipinski definition) is 6. The molecule has 0 saturated heterocycles. The second-order valence-corrected chi connectivity index (χ2v) is 5.28. The topological polar surface area (TPSA) is 65.2 Å². The lowest BCUT2D eigenvalue weighted by Crippen LogP contribution is -2.03. The molecular weight excluding hydrogens is 300 g/mol. The zero-order chi connectivity index (χ0) is 15.5. The zero-order valence-electron chi connectivity index (χ0n) is 12.2. The summed E-state index contributed by atoms with van der Waals surface area (Å²) in [5.74, 6) is 1.20. The van der Waals surface area contributed by atoms with Crippen LogP contribution in [0.3, 0.4) is 0 Å². The summed E-state index contributed by atoms with van der Waals surface area (Å²) in [7, 11) is 0. The number of hydrogen-bond donors (Lipinski definition) is 0. The lowest BCUT2D eigenvalue weighted by molar-refractivity contribution is 0.0526. The number of benzene rings is 1. The number of esters is 1. The molecule has 0 spiro atoms. The fourth-order valence-corrected chi connectivity index (χ4v) is 2.60. The van der Waals surface area contributed by atoms with Gasteiger partial charge in [-0.2, -0.15) is 0 Å². The Morgan fingerprint density at radius 1 is 1.32 bits per heavy atom. The number of carbonyl (C=O) groups excluding carboxylic acids is 1. The number of aryl methyl sites for hydroxylation is 1. The molecule has 0 amide bonds. The molecule has 0 saturated carbocycles. The highest BCUT2D eigenvalue weighted by atomic mass is 32.1. The molecule has 3 aromatic rings. The molecule has 0 N–H and O–H groups in total. The minimum Gasteiger partial charge on any atom is -0.462 e. The maximum atomic E-state index is 11.6. The molecule has 0 unspecified atom stereocenters. The normalized spacial score (nSPS) is 10.6. The predicted molar refractivity (Wildman–Crippen MR) is 83.7 cm³/mol. The van der Waals surface area contributed by atoms with Crippen molar-refractivity contribution in [2.45, 2.75) is 13.8 Å². The Kier molecular flexibility index (Phi) is 4.02. The highest BCUT2D eigenvalue weighted by Crippen LogP contribution is 2.31. The number of ether oxygens (including phenoxy) is 1. The van der Waals surface area contributed by atoms with Gasteiger partial charge in [0.15, 0.2) is 0 Å². The van der Waals surface area contributed by atoms with E-state index in [4.69, 9.17) is 9.15 Å². The SMILES string of the molecule is CCOC(=O)c1ccc(-c2cc(-c3csnn3)c(C)o2)cc1. The Bertz CT molecular complexity index is 776. The molecule has 0 aliphatic heterocycles. The van der Waals surface area contributed by atoms with E-state index in [1.54, 1.807) is 19.1 Å². The van der Waals surface area contributed by atoms with Crippen LogP contribution in [-0.2, 0) is 4.74 Å². The molecule has 22 heavy (non-hydrogen) atoms. The van der Waals surface area contributed by atoms with Crippen LogP contribution in [0.25, 0.3) is 22.6 Å². The van der Waals surface area contributed by atoms with Gasteiger partial charge in [-0.3, -0.25) is 0 Å². The molecule has 0 fully saturated rings. The molecule has 6 heteroatoms. The van der Waals surface area contributed by atoms with E-state index in [-0.39, 0.29) is 5.97 Å². The van der Waals surface area contributed by atoms with Crippen molar-refractivity contribution in [1.29, 1.82) is 0 Å². The number of aromatic nitrogens is 2. The van der Waals surface area contributed by atoms with Crippen LogP contribution in [0, 0.1) is 6.92 Å². The molecule has 1 aromatic carbocycles. The van der Waals surface area contributed by atoms with Crippen LogP contribution >= 0.6 is 11.5 Å². The first-order valence-electron chi connectivity index (χ1n) is 6.84. The first-order valence-corrected chi connectivity index (χ1v) is 7.68. The van der Waals surface area contributed by atoms with Crippen molar-refractivity contribution in [2.24, 2.45) is 0 Å². The van der Waals surface area contributed by atoms with Gasteiger partial charge in [-0.1, -0.05) is 16.6 Å². The first-order chi connectivity index (χ1) is 10.7. The second-order valence-electron chi connectivity index (χ2n) is 4.67. The lowest BCUT2D eigenvalue weighted by Gasteiger charge is -2.02. The van der Waals surface area contributed by atoms with Crippen molar-refractivity contribution in [3.63, 3.8) is 0 Å². The molecule has 5 nitrogen and oxygen atoms in total. The molecule has 2 heterocycles. The van der Waals surface area contributed by atoms with E-state index < -0.39 is 0 Å². The van der Waals surface area contributed by atoms with Gasteiger partial charge in [0, 0.05) is 16.5 Å². The Morgan fingerprint density at radius 2 is 2.09 bits per heavy atom. The second kappa shape index (κ2) is 6.11. The smallest absolute Gasteiger partial charge is 0.338 e. The van der Waals surface area contributed by atoms with Gasteiger partial charge in [0.2, 0.25) is 0 Å². The van der Waals surface area contributed by atoms with E-state index in [1.165, 1.54) is 11.5 Å². The van der Waals surface area contributed by atoms with Crippen molar-refractivity contribution in [1.82, 2.24) is 9.59 Å². The summed E-state index contributed by atoms with van der Waals surface area (Å²) in [5.41, 5.74) is 3.15. The number of carbonyl (C=O) groups is 1. The zero-order valence-corrected chi connectivity index (χ0v) is 13.0. The minimum atomic E-state index is -0.320. The van der Waals surface area contributed by atoms with Crippen molar-refractivity contribution in [3.8, 4) is 22.6 Å². The van der Waals surface area contributed by atoms with Crippen LogP contribution in [0.1, 0.15) is 23.0 Å². The van der Waals surface area contributed by atoms with Crippen molar-refractivity contribution < 1.29 is 13.9 Å². The summed E-state index contributed by atoms with van der Waals surface area (Å²) in [6.07, 6.45) is 0. The Labute approximate surface area is 131 Å². The van der Waals surface area contributed by atoms with Gasteiger partial charge < -0.3 is 9.15 Å². The van der Waals surface area contributed by atoms with Crippen LogP contribution in [0.4, 0.5) is 0 Å². The van der Waals surface area contributed by atoms with E-state index in [0.717, 1.165) is 28.3 Å². The van der Waals surface area contributed by atoms with Gasteiger partial charge in [-0.05, 0) is 43.6 Å². The molecule has 112 valence electrons. The standard InChI is InChI=1S/C16H14N2O3S/c1-3-20-16(19)12-6-4-11(5-7-12)15-8-13(10(2)21-15)14-9-22-18-17-14/h4-9H,3H2,1-2H3. The third-order valence-corrected chi connectivity index (χ3v) is 3.74. The third-order valence-electron chi connectivity index (χ3n) is 3.23. The van der Waals surface area contributed by atoms with Gasteiger partial charge >= 0.3 is 5.97 Å². The predicted octanol–water partition coefficient (Wildman–Crippen LogP) is 3.95. The van der Waals surface area contributed by atoms with Crippen molar-refractivity contribution in [2.75, 3.05) is 6.61 Å². The maximum Gasteiger partial charge on any atom is 0.338 e. The molecule has 0 aliphatic rings. The Balaban J connectivity index is 1.89. The van der Waals surface area contributed by atoms with E-state index in [2.05, 4.69) is 9.59 Å². The fraction of sp³-hybridized carbons (Fsp3) is 0.188. The number of furan rings is 1. The monoisotopic (exact) mass is 314 g/mol. The molecule has 0 bridgehead atoms. The quantitative estimate of drug-likeness (QED) is 0.682. The summed E-state index contributed by atoms with van der Waals surface area (Å²) in [4.78, 5) is 11.6. The first kappa shape index (κ1) is 14.5. The van der Waals surface area contributed by atoms with Gasteiger partial charge in [0.1, 0.15) is 17.2 Å². The van der Waals surface area contributed by atoms with Gasteiger partial charge in [0.05, 0.1) is 12.2 Å². The Morgan fingerprint density at radius 3 is 2.73 bits per heavy atom. The number of nitrogens with zero attached hydrogens (tertiary/aromatic N) is 2. The van der Waals surface area contributed by atoms with E-state index in [0.29, 0.717) is 12.2 Å². The third kappa shape index (κ3) is 2.78. The summed E-state index contributed by atoms with van der Waals surface area (Å²) in [5, 5.41) is 5.94. The van der Waals surface area contributed by atoms with Gasteiger partial charge in [0.25, 0.3) is 0 Å². The van der Waals surface area contributed by atoms with Crippen LogP contribution in [-0.4, -0.2) is 22.2 Å². The van der Waals surface area contributed by atoms with E-state index in [1.807, 2.05) is 30.5 Å². The molecule has 0 atom stereocenters. The summed E-state index contributed by atoms with van der Waals surface area (Å²) >= 11 is 1.30. The summed E-state index contributed by atoms with van der Waals surface area (Å²) in [6, 6.07) is 9.08. The maximum absolute atomic E-state index is 11.6. The van der Waals surface area contributed by atoms with Gasteiger partial charge in [-0.15, -0.1) is 5.10 Å². The highest BCUT2D eigenvalue weighted by molar-refractivity contribution is 7.03. The largest absolute Gasteiger partial charge is 0.462 e. The van der Waals surface area contributed by atoms with Crippen molar-refractivity contribution in [3.05, 3.63) is 47.0 Å². The fourth-order valence-electron chi connectivity index (χ4n) is 2.15. The molecule has 2 aromatic heterocycles. The molecule has 0 radical (unpaired) electrons. The van der Waals surface area contributed by atoms with Crippen molar-refractivity contribution >= 4 is 17.5 Å². The summed E-state index contributed by atoms with van der Waals surface area (Å²) in [6.45, 7) is 4.04. The number of rotatable bonds is 4. The van der Waals surface area contributed by atoms with Gasteiger partial charge in [-0.25, -0.2) is 4.79 Å². The molecule has 3 rings (SSSR count). The van der Waals surface area contributed by atoms with Crippen LogP contribution in [0.2, 0.25) is 0 Å². The molecule has 0 aliphatic carbocycles. The van der Waals surface area contributed by atoms with E-state index >= 15 is 0 Å². The highest BCUT2D eigenvalue weighted by Gasteiger charge is 2.14. The van der Waals surface area contributed by atoms with Crippen LogP contribution < -0.4 is 0 Å². The molecular formula is C16H14N2O3S. The summed E-state index contributed by atoms with van der Waals surface area (Å²) < 4.78 is 14.6. The Hall–Kier alpha value is -2.47. The van der Waals surface area contributed by atoms with E-state index in [9.17, 15) is 4.79 Å². The van der Waals surface area contributed by atoms with Crippen LogP contribution in [0.5, 0.6) is 0 Å².